The first-order valence-electron chi connectivity index (χ1n) is 5.19. The largest absolute Gasteiger partial charge is 0.308 e. The number of nitrogens with zero attached hydrogens (tertiary/aromatic N) is 3. The lowest BCUT2D eigenvalue weighted by Crippen LogP contribution is -2.36. The predicted octanol–water partition coefficient (Wildman–Crippen LogP) is 2.00. The van der Waals surface area contributed by atoms with Crippen LogP contribution >= 0.6 is 11.3 Å². The van der Waals surface area contributed by atoms with Gasteiger partial charge < -0.3 is 5.32 Å². The van der Waals surface area contributed by atoms with E-state index in [4.69, 9.17) is 0 Å². The molecule has 0 aromatic carbocycles. The summed E-state index contributed by atoms with van der Waals surface area (Å²) in [7, 11) is 3.86. The second-order valence-corrected chi connectivity index (χ2v) is 5.18. The zero-order valence-corrected chi connectivity index (χ0v) is 10.8. The molecule has 0 saturated heterocycles. The topological polar surface area (TPSA) is 42.7 Å². The molecule has 16 heavy (non-hydrogen) atoms. The van der Waals surface area contributed by atoms with Crippen molar-refractivity contribution in [2.45, 2.75) is 19.4 Å². The highest BCUT2D eigenvalue weighted by atomic mass is 32.1. The van der Waals surface area contributed by atoms with Crippen molar-refractivity contribution in [1.29, 1.82) is 0 Å². The molecule has 0 unspecified atom stereocenters. The van der Waals surface area contributed by atoms with Crippen molar-refractivity contribution in [2.24, 2.45) is 7.05 Å². The van der Waals surface area contributed by atoms with Crippen LogP contribution in [0.3, 0.4) is 0 Å². The van der Waals surface area contributed by atoms with Crippen LogP contribution in [0.5, 0.6) is 0 Å². The molecule has 0 radical (unpaired) electrons. The molecular weight excluding hydrogens is 220 g/mol. The van der Waals surface area contributed by atoms with Gasteiger partial charge in [-0.1, -0.05) is 6.07 Å². The van der Waals surface area contributed by atoms with Gasteiger partial charge in [0.15, 0.2) is 5.82 Å². The maximum Gasteiger partial charge on any atom is 0.191 e. The first-order valence-corrected chi connectivity index (χ1v) is 6.07. The van der Waals surface area contributed by atoms with Crippen LogP contribution in [0.2, 0.25) is 0 Å². The molecule has 0 aliphatic heterocycles. The molecule has 2 aromatic rings. The van der Waals surface area contributed by atoms with Crippen LogP contribution in [0.1, 0.15) is 19.7 Å². The molecule has 0 fully saturated rings. The molecule has 0 aliphatic carbocycles. The molecule has 0 aliphatic rings. The maximum absolute atomic E-state index is 4.59. The normalized spacial score (nSPS) is 12.0. The maximum atomic E-state index is 4.59. The monoisotopic (exact) mass is 236 g/mol. The summed E-state index contributed by atoms with van der Waals surface area (Å²) in [6.45, 7) is 4.18. The first kappa shape index (κ1) is 11.3. The number of nitrogens with one attached hydrogen (secondary N) is 1. The van der Waals surface area contributed by atoms with Gasteiger partial charge in [-0.2, -0.15) is 5.10 Å². The Morgan fingerprint density at radius 1 is 1.44 bits per heavy atom. The molecule has 4 nitrogen and oxygen atoms in total. The van der Waals surface area contributed by atoms with E-state index in [9.17, 15) is 0 Å². The Hall–Kier alpha value is -1.20. The molecule has 0 spiro atoms. The molecule has 86 valence electrons. The molecule has 0 atom stereocenters. The van der Waals surface area contributed by atoms with Crippen LogP contribution < -0.4 is 5.32 Å². The molecule has 2 heterocycles. The lowest BCUT2D eigenvalue weighted by Gasteiger charge is -2.22. The minimum atomic E-state index is -0.169. The van der Waals surface area contributed by atoms with E-state index in [1.54, 1.807) is 11.3 Å². The van der Waals surface area contributed by atoms with E-state index in [0.717, 1.165) is 16.5 Å². The van der Waals surface area contributed by atoms with Crippen LogP contribution in [0.25, 0.3) is 10.7 Å². The summed E-state index contributed by atoms with van der Waals surface area (Å²) >= 11 is 1.66. The molecule has 1 N–H and O–H groups in total. The predicted molar refractivity (Wildman–Crippen MR) is 66.4 cm³/mol. The van der Waals surface area contributed by atoms with Crippen molar-refractivity contribution in [2.75, 3.05) is 7.05 Å². The van der Waals surface area contributed by atoms with Gasteiger partial charge in [0.25, 0.3) is 0 Å². The third-order valence-electron chi connectivity index (χ3n) is 2.69. The number of rotatable bonds is 3. The Balaban J connectivity index is 2.44. The molecule has 2 rings (SSSR count). The second-order valence-electron chi connectivity index (χ2n) is 4.23. The Morgan fingerprint density at radius 2 is 2.19 bits per heavy atom. The molecule has 5 heteroatoms. The molecular formula is C11H16N4S. The number of aryl methyl sites for hydroxylation is 1. The van der Waals surface area contributed by atoms with Gasteiger partial charge in [-0.25, -0.2) is 4.98 Å². The fraction of sp³-hybridized carbons (Fsp3) is 0.455. The summed E-state index contributed by atoms with van der Waals surface area (Å²) in [5.74, 6) is 1.74. The van der Waals surface area contributed by atoms with Crippen LogP contribution in [0.4, 0.5) is 0 Å². The summed E-state index contributed by atoms with van der Waals surface area (Å²) in [4.78, 5) is 5.70. The van der Waals surface area contributed by atoms with Crippen molar-refractivity contribution < 1.29 is 0 Å². The van der Waals surface area contributed by atoms with Gasteiger partial charge in [-0.3, -0.25) is 4.68 Å². The van der Waals surface area contributed by atoms with E-state index in [-0.39, 0.29) is 5.54 Å². The zero-order chi connectivity index (χ0) is 11.8. The van der Waals surface area contributed by atoms with Gasteiger partial charge in [0.1, 0.15) is 5.82 Å². The van der Waals surface area contributed by atoms with E-state index in [2.05, 4.69) is 29.2 Å². The van der Waals surface area contributed by atoms with Gasteiger partial charge in [-0.05, 0) is 32.3 Å². The molecule has 2 aromatic heterocycles. The fourth-order valence-corrected chi connectivity index (χ4v) is 2.20. The standard InChI is InChI=1S/C11H16N4S/c1-11(2,12-3)10-13-9(14-15(10)4)8-6-5-7-16-8/h5-7,12H,1-4H3. The third kappa shape index (κ3) is 1.88. The lowest BCUT2D eigenvalue weighted by molar-refractivity contribution is 0.397. The number of hydrogen-bond donors (Lipinski definition) is 1. The van der Waals surface area contributed by atoms with Crippen LogP contribution in [-0.2, 0) is 12.6 Å². The average Bonchev–Trinajstić information content (AvgIpc) is 2.85. The van der Waals surface area contributed by atoms with Gasteiger partial charge in [-0.15, -0.1) is 11.3 Å². The SMILES string of the molecule is CNC(C)(C)c1nc(-c2cccs2)nn1C. The van der Waals surface area contributed by atoms with Gasteiger partial charge in [0, 0.05) is 7.05 Å². The quantitative estimate of drug-likeness (QED) is 0.886. The summed E-state index contributed by atoms with van der Waals surface area (Å²) < 4.78 is 1.84. The molecule has 0 amide bonds. The Morgan fingerprint density at radius 3 is 2.75 bits per heavy atom. The highest BCUT2D eigenvalue weighted by Crippen LogP contribution is 2.24. The van der Waals surface area contributed by atoms with E-state index in [1.807, 2.05) is 36.3 Å². The van der Waals surface area contributed by atoms with Gasteiger partial charge >= 0.3 is 0 Å². The van der Waals surface area contributed by atoms with Crippen molar-refractivity contribution in [3.63, 3.8) is 0 Å². The first-order chi connectivity index (χ1) is 7.54. The van der Waals surface area contributed by atoms with E-state index in [1.165, 1.54) is 0 Å². The Kier molecular flexibility index (Phi) is 2.82. The van der Waals surface area contributed by atoms with E-state index < -0.39 is 0 Å². The number of thiophene rings is 1. The van der Waals surface area contributed by atoms with E-state index >= 15 is 0 Å². The summed E-state index contributed by atoms with van der Waals surface area (Å²) in [6, 6.07) is 4.05. The van der Waals surface area contributed by atoms with Crippen LogP contribution in [-0.4, -0.2) is 21.8 Å². The van der Waals surface area contributed by atoms with Gasteiger partial charge in [0.2, 0.25) is 0 Å². The lowest BCUT2D eigenvalue weighted by atomic mass is 10.1. The van der Waals surface area contributed by atoms with Crippen LogP contribution in [0.15, 0.2) is 17.5 Å². The van der Waals surface area contributed by atoms with Crippen LogP contribution in [0, 0.1) is 0 Å². The fourth-order valence-electron chi connectivity index (χ4n) is 1.55. The highest BCUT2D eigenvalue weighted by molar-refractivity contribution is 7.13. The number of aromatic nitrogens is 3. The molecule has 0 bridgehead atoms. The summed E-state index contributed by atoms with van der Waals surface area (Å²) in [5, 5.41) is 9.72. The van der Waals surface area contributed by atoms with Crippen molar-refractivity contribution in [1.82, 2.24) is 20.1 Å². The van der Waals surface area contributed by atoms with Gasteiger partial charge in [0.05, 0.1) is 10.4 Å². The second kappa shape index (κ2) is 3.99. The van der Waals surface area contributed by atoms with E-state index in [0.29, 0.717) is 0 Å². The zero-order valence-electron chi connectivity index (χ0n) is 9.98. The average molecular weight is 236 g/mol. The Labute approximate surface area is 99.3 Å². The third-order valence-corrected chi connectivity index (χ3v) is 3.55. The van der Waals surface area contributed by atoms with Crippen molar-refractivity contribution in [3.05, 3.63) is 23.3 Å². The summed E-state index contributed by atoms with van der Waals surface area (Å²) in [6.07, 6.45) is 0. The Bertz CT molecular complexity index is 470. The smallest absolute Gasteiger partial charge is 0.191 e. The summed E-state index contributed by atoms with van der Waals surface area (Å²) in [5.41, 5.74) is -0.169. The minimum absolute atomic E-state index is 0.169. The highest BCUT2D eigenvalue weighted by Gasteiger charge is 2.25. The molecule has 0 saturated carbocycles. The number of hydrogen-bond acceptors (Lipinski definition) is 4. The van der Waals surface area contributed by atoms with Crippen molar-refractivity contribution in [3.8, 4) is 10.7 Å². The van der Waals surface area contributed by atoms with Crippen molar-refractivity contribution >= 4 is 11.3 Å². The minimum Gasteiger partial charge on any atom is -0.308 e.